The van der Waals surface area contributed by atoms with Crippen molar-refractivity contribution in [1.82, 2.24) is 0 Å². The molecular formula is C17H15Cl2NO3S. The number of hydrogen-bond acceptors (Lipinski definition) is 4. The Kier molecular flexibility index (Phi) is 5.43. The number of halogens is 2. The summed E-state index contributed by atoms with van der Waals surface area (Å²) in [4.78, 5) is 12.1. The van der Waals surface area contributed by atoms with E-state index in [0.717, 1.165) is 16.8 Å². The third kappa shape index (κ3) is 3.91. The fourth-order valence-corrected chi connectivity index (χ4v) is 3.52. The maximum absolute atomic E-state index is 12.1. The molecule has 126 valence electrons. The Balaban J connectivity index is 1.54. The SMILES string of the molecule is Cc1c(Cl)cccc1NC(=O)CSCc1cc(Cl)c2c(c1)OCO2. The van der Waals surface area contributed by atoms with Gasteiger partial charge in [-0.15, -0.1) is 11.8 Å². The molecule has 24 heavy (non-hydrogen) atoms. The fourth-order valence-electron chi connectivity index (χ4n) is 2.29. The molecule has 1 heterocycles. The number of anilines is 1. The number of carbonyl (C=O) groups is 1. The van der Waals surface area contributed by atoms with Crippen LogP contribution in [0, 0.1) is 6.92 Å². The summed E-state index contributed by atoms with van der Waals surface area (Å²) in [5.41, 5.74) is 2.58. The largest absolute Gasteiger partial charge is 0.454 e. The van der Waals surface area contributed by atoms with Crippen LogP contribution in [0.4, 0.5) is 5.69 Å². The lowest BCUT2D eigenvalue weighted by molar-refractivity contribution is -0.113. The number of amides is 1. The topological polar surface area (TPSA) is 47.6 Å². The molecule has 0 saturated heterocycles. The Hall–Kier alpha value is -1.56. The van der Waals surface area contributed by atoms with E-state index in [4.69, 9.17) is 32.7 Å². The molecular weight excluding hydrogens is 369 g/mol. The van der Waals surface area contributed by atoms with Gasteiger partial charge >= 0.3 is 0 Å². The van der Waals surface area contributed by atoms with E-state index >= 15 is 0 Å². The van der Waals surface area contributed by atoms with Crippen molar-refractivity contribution in [3.63, 3.8) is 0 Å². The Morgan fingerprint density at radius 3 is 2.92 bits per heavy atom. The van der Waals surface area contributed by atoms with Gasteiger partial charge in [0.2, 0.25) is 12.7 Å². The second-order valence-electron chi connectivity index (χ2n) is 5.26. The second kappa shape index (κ2) is 7.55. The maximum atomic E-state index is 12.1. The zero-order valence-corrected chi connectivity index (χ0v) is 15.2. The first-order valence-corrected chi connectivity index (χ1v) is 9.16. The van der Waals surface area contributed by atoms with Crippen LogP contribution >= 0.6 is 35.0 Å². The van der Waals surface area contributed by atoms with Gasteiger partial charge in [-0.2, -0.15) is 0 Å². The predicted octanol–water partition coefficient (Wildman–Crippen LogP) is 4.90. The summed E-state index contributed by atoms with van der Waals surface area (Å²) in [5.74, 6) is 2.14. The summed E-state index contributed by atoms with van der Waals surface area (Å²) in [6.45, 7) is 2.06. The molecule has 0 fully saturated rings. The molecule has 0 spiro atoms. The molecule has 0 bridgehead atoms. The predicted molar refractivity (Wildman–Crippen MR) is 98.6 cm³/mol. The van der Waals surface area contributed by atoms with Gasteiger partial charge < -0.3 is 14.8 Å². The van der Waals surface area contributed by atoms with Crippen molar-refractivity contribution in [2.75, 3.05) is 17.9 Å². The fraction of sp³-hybridized carbons (Fsp3) is 0.235. The molecule has 1 N–H and O–H groups in total. The quantitative estimate of drug-likeness (QED) is 0.797. The minimum Gasteiger partial charge on any atom is -0.454 e. The smallest absolute Gasteiger partial charge is 0.234 e. The van der Waals surface area contributed by atoms with Crippen LogP contribution in [0.25, 0.3) is 0 Å². The lowest BCUT2D eigenvalue weighted by atomic mass is 10.2. The Bertz CT molecular complexity index is 783. The molecule has 1 aliphatic rings. The van der Waals surface area contributed by atoms with E-state index in [1.54, 1.807) is 6.07 Å². The molecule has 1 amide bonds. The molecule has 0 saturated carbocycles. The van der Waals surface area contributed by atoms with Gasteiger partial charge in [0.15, 0.2) is 11.5 Å². The molecule has 0 unspecified atom stereocenters. The van der Waals surface area contributed by atoms with E-state index < -0.39 is 0 Å². The number of rotatable bonds is 5. The first kappa shape index (κ1) is 17.3. The minimum atomic E-state index is -0.0720. The molecule has 0 atom stereocenters. The number of hydrogen-bond donors (Lipinski definition) is 1. The number of nitrogens with one attached hydrogen (secondary N) is 1. The summed E-state index contributed by atoms with van der Waals surface area (Å²) in [6.07, 6.45) is 0. The summed E-state index contributed by atoms with van der Waals surface area (Å²) in [7, 11) is 0. The summed E-state index contributed by atoms with van der Waals surface area (Å²) < 4.78 is 10.6. The normalized spacial score (nSPS) is 12.3. The van der Waals surface area contributed by atoms with Gasteiger partial charge in [-0.1, -0.05) is 29.3 Å². The lowest BCUT2D eigenvalue weighted by Gasteiger charge is -2.09. The molecule has 7 heteroatoms. The number of thioether (sulfide) groups is 1. The highest BCUT2D eigenvalue weighted by molar-refractivity contribution is 7.99. The Morgan fingerprint density at radius 2 is 2.08 bits per heavy atom. The molecule has 3 rings (SSSR count). The zero-order valence-electron chi connectivity index (χ0n) is 12.9. The Labute approximate surface area is 154 Å². The van der Waals surface area contributed by atoms with Gasteiger partial charge in [0.1, 0.15) is 0 Å². The number of carbonyl (C=O) groups excluding carboxylic acids is 1. The van der Waals surface area contributed by atoms with E-state index in [1.807, 2.05) is 31.2 Å². The average Bonchev–Trinajstić information content (AvgIpc) is 3.01. The van der Waals surface area contributed by atoms with Gasteiger partial charge in [0.05, 0.1) is 10.8 Å². The molecule has 0 aromatic heterocycles. The molecule has 1 aliphatic heterocycles. The van der Waals surface area contributed by atoms with Gasteiger partial charge in [-0.25, -0.2) is 0 Å². The first-order valence-electron chi connectivity index (χ1n) is 7.25. The monoisotopic (exact) mass is 383 g/mol. The average molecular weight is 384 g/mol. The second-order valence-corrected chi connectivity index (χ2v) is 7.06. The van der Waals surface area contributed by atoms with Crippen LogP contribution in [0.15, 0.2) is 30.3 Å². The number of benzene rings is 2. The van der Waals surface area contributed by atoms with Crippen LogP contribution in [-0.4, -0.2) is 18.5 Å². The van der Waals surface area contributed by atoms with Crippen molar-refractivity contribution in [1.29, 1.82) is 0 Å². The number of fused-ring (bicyclic) bond motifs is 1. The van der Waals surface area contributed by atoms with Gasteiger partial charge in [0, 0.05) is 16.5 Å². The van der Waals surface area contributed by atoms with Crippen LogP contribution in [0.5, 0.6) is 11.5 Å². The highest BCUT2D eigenvalue weighted by Crippen LogP contribution is 2.40. The number of ether oxygens (including phenoxy) is 2. The van der Waals surface area contributed by atoms with Gasteiger partial charge in [0.25, 0.3) is 0 Å². The highest BCUT2D eigenvalue weighted by atomic mass is 35.5. The van der Waals surface area contributed by atoms with Gasteiger partial charge in [-0.05, 0) is 42.3 Å². The lowest BCUT2D eigenvalue weighted by Crippen LogP contribution is -2.15. The van der Waals surface area contributed by atoms with Crippen LogP contribution in [0.3, 0.4) is 0 Å². The first-order chi connectivity index (χ1) is 11.5. The maximum Gasteiger partial charge on any atom is 0.234 e. The summed E-state index contributed by atoms with van der Waals surface area (Å²) in [6, 6.07) is 9.17. The molecule has 2 aromatic rings. The van der Waals surface area contributed by atoms with Crippen molar-refractivity contribution >= 4 is 46.6 Å². The van der Waals surface area contributed by atoms with Crippen molar-refractivity contribution in [3.05, 3.63) is 51.5 Å². The van der Waals surface area contributed by atoms with Crippen LogP contribution in [0.1, 0.15) is 11.1 Å². The van der Waals surface area contributed by atoms with E-state index in [-0.39, 0.29) is 12.7 Å². The van der Waals surface area contributed by atoms with E-state index in [0.29, 0.717) is 33.0 Å². The highest BCUT2D eigenvalue weighted by Gasteiger charge is 2.18. The standard InChI is InChI=1S/C17H15Cl2NO3S/c1-10-12(18)3-2-4-14(10)20-16(21)8-24-7-11-5-13(19)17-15(6-11)22-9-23-17/h2-6H,7-9H2,1H3,(H,20,21). The van der Waals surface area contributed by atoms with Crippen molar-refractivity contribution in [2.24, 2.45) is 0 Å². The minimum absolute atomic E-state index is 0.0720. The van der Waals surface area contributed by atoms with E-state index in [2.05, 4.69) is 5.32 Å². The zero-order chi connectivity index (χ0) is 17.1. The molecule has 4 nitrogen and oxygen atoms in total. The van der Waals surface area contributed by atoms with Crippen LogP contribution in [0.2, 0.25) is 10.0 Å². The molecule has 0 radical (unpaired) electrons. The molecule has 2 aromatic carbocycles. The van der Waals surface area contributed by atoms with E-state index in [1.165, 1.54) is 11.8 Å². The van der Waals surface area contributed by atoms with Crippen LogP contribution < -0.4 is 14.8 Å². The van der Waals surface area contributed by atoms with Crippen molar-refractivity contribution in [2.45, 2.75) is 12.7 Å². The Morgan fingerprint density at radius 1 is 1.25 bits per heavy atom. The van der Waals surface area contributed by atoms with Crippen LogP contribution in [-0.2, 0) is 10.5 Å². The molecule has 0 aliphatic carbocycles. The third-order valence-corrected chi connectivity index (χ3v) is 5.22. The summed E-state index contributed by atoms with van der Waals surface area (Å²) >= 11 is 13.7. The van der Waals surface area contributed by atoms with Crippen molar-refractivity contribution < 1.29 is 14.3 Å². The van der Waals surface area contributed by atoms with Gasteiger partial charge in [-0.3, -0.25) is 4.79 Å². The summed E-state index contributed by atoms with van der Waals surface area (Å²) in [5, 5.41) is 4.04. The van der Waals surface area contributed by atoms with Crippen molar-refractivity contribution in [3.8, 4) is 11.5 Å². The van der Waals surface area contributed by atoms with E-state index in [9.17, 15) is 4.79 Å². The third-order valence-electron chi connectivity index (χ3n) is 3.53.